The molecule has 0 saturated heterocycles. The third-order valence-corrected chi connectivity index (χ3v) is 5.99. The zero-order valence-corrected chi connectivity index (χ0v) is 15.0. The SMILES string of the molecule is CN1C(=O)CCc2cc(NS(=O)(=O)c3ccc(Cl)c(Cl)c3)ccc21. The van der Waals surface area contributed by atoms with E-state index in [9.17, 15) is 13.2 Å². The average Bonchev–Trinajstić information content (AvgIpc) is 2.53. The Morgan fingerprint density at radius 2 is 1.79 bits per heavy atom. The monoisotopic (exact) mass is 384 g/mol. The topological polar surface area (TPSA) is 66.5 Å². The molecule has 1 N–H and O–H groups in total. The van der Waals surface area contributed by atoms with Gasteiger partial charge in [-0.2, -0.15) is 0 Å². The molecule has 0 fully saturated rings. The van der Waals surface area contributed by atoms with Gasteiger partial charge in [-0.05, 0) is 48.4 Å². The molecular weight excluding hydrogens is 371 g/mol. The minimum atomic E-state index is -3.78. The minimum Gasteiger partial charge on any atom is -0.315 e. The Morgan fingerprint density at radius 1 is 1.04 bits per heavy atom. The van der Waals surface area contributed by atoms with Crippen LogP contribution in [0.2, 0.25) is 10.0 Å². The minimum absolute atomic E-state index is 0.0296. The number of fused-ring (bicyclic) bond motifs is 1. The van der Waals surface area contributed by atoms with E-state index < -0.39 is 10.0 Å². The molecule has 1 aliphatic heterocycles. The molecule has 3 rings (SSSR count). The normalized spacial score (nSPS) is 14.5. The van der Waals surface area contributed by atoms with Crippen LogP contribution in [0.15, 0.2) is 41.3 Å². The van der Waals surface area contributed by atoms with Crippen LogP contribution in [-0.4, -0.2) is 21.4 Å². The molecule has 24 heavy (non-hydrogen) atoms. The summed E-state index contributed by atoms with van der Waals surface area (Å²) in [7, 11) is -2.07. The van der Waals surface area contributed by atoms with Gasteiger partial charge in [0.05, 0.1) is 14.9 Å². The van der Waals surface area contributed by atoms with E-state index >= 15 is 0 Å². The van der Waals surface area contributed by atoms with Crippen LogP contribution in [0.3, 0.4) is 0 Å². The first-order valence-electron chi connectivity index (χ1n) is 7.15. The average molecular weight is 385 g/mol. The number of amides is 1. The molecule has 0 atom stereocenters. The molecule has 126 valence electrons. The highest BCUT2D eigenvalue weighted by atomic mass is 35.5. The number of nitrogens with zero attached hydrogens (tertiary/aromatic N) is 1. The number of rotatable bonds is 3. The number of aryl methyl sites for hydroxylation is 1. The van der Waals surface area contributed by atoms with Crippen LogP contribution in [0.5, 0.6) is 0 Å². The molecule has 5 nitrogen and oxygen atoms in total. The maximum atomic E-state index is 12.5. The van der Waals surface area contributed by atoms with Gasteiger partial charge in [0.2, 0.25) is 5.91 Å². The summed E-state index contributed by atoms with van der Waals surface area (Å²) in [6, 6.07) is 9.24. The van der Waals surface area contributed by atoms with Crippen LogP contribution in [0, 0.1) is 0 Å². The first-order chi connectivity index (χ1) is 11.3. The standard InChI is InChI=1S/C16H14Cl2N2O3S/c1-20-15-6-3-11(8-10(15)2-7-16(20)21)19-24(22,23)12-4-5-13(17)14(18)9-12/h3-6,8-9,19H,2,7H2,1H3. The lowest BCUT2D eigenvalue weighted by Gasteiger charge is -2.26. The first kappa shape index (κ1) is 17.1. The van der Waals surface area contributed by atoms with E-state index in [1.165, 1.54) is 18.2 Å². The van der Waals surface area contributed by atoms with Crippen LogP contribution >= 0.6 is 23.2 Å². The van der Waals surface area contributed by atoms with Crippen molar-refractivity contribution in [3.63, 3.8) is 0 Å². The summed E-state index contributed by atoms with van der Waals surface area (Å²) in [6.45, 7) is 0. The van der Waals surface area contributed by atoms with E-state index in [0.29, 0.717) is 18.5 Å². The van der Waals surface area contributed by atoms with Crippen molar-refractivity contribution in [1.29, 1.82) is 0 Å². The van der Waals surface area contributed by atoms with Crippen molar-refractivity contribution in [2.45, 2.75) is 17.7 Å². The molecule has 0 radical (unpaired) electrons. The second kappa shape index (κ2) is 6.27. The second-order valence-corrected chi connectivity index (χ2v) is 7.97. The van der Waals surface area contributed by atoms with Gasteiger partial charge >= 0.3 is 0 Å². The molecule has 8 heteroatoms. The molecule has 0 aliphatic carbocycles. The van der Waals surface area contributed by atoms with Crippen molar-refractivity contribution in [1.82, 2.24) is 0 Å². The molecular formula is C16H14Cl2N2O3S. The summed E-state index contributed by atoms with van der Waals surface area (Å²) in [5.74, 6) is 0.0478. The van der Waals surface area contributed by atoms with Crippen LogP contribution in [0.4, 0.5) is 11.4 Å². The predicted octanol–water partition coefficient (Wildman–Crippen LogP) is 3.70. The van der Waals surface area contributed by atoms with Gasteiger partial charge in [-0.15, -0.1) is 0 Å². The Balaban J connectivity index is 1.90. The van der Waals surface area contributed by atoms with E-state index in [-0.39, 0.29) is 20.8 Å². The van der Waals surface area contributed by atoms with Crippen molar-refractivity contribution < 1.29 is 13.2 Å². The smallest absolute Gasteiger partial charge is 0.261 e. The van der Waals surface area contributed by atoms with Gasteiger partial charge in [0, 0.05) is 24.8 Å². The Hall–Kier alpha value is -1.76. The van der Waals surface area contributed by atoms with Gasteiger partial charge in [-0.3, -0.25) is 9.52 Å². The summed E-state index contributed by atoms with van der Waals surface area (Å²) in [5.41, 5.74) is 2.15. The number of carbonyl (C=O) groups excluding carboxylic acids is 1. The molecule has 1 aliphatic rings. The maximum absolute atomic E-state index is 12.5. The third kappa shape index (κ3) is 3.22. The first-order valence-corrected chi connectivity index (χ1v) is 9.39. The summed E-state index contributed by atoms with van der Waals surface area (Å²) in [5, 5.41) is 0.460. The Kier molecular flexibility index (Phi) is 4.46. The molecule has 2 aromatic rings. The van der Waals surface area contributed by atoms with Gasteiger partial charge in [-0.25, -0.2) is 8.42 Å². The summed E-state index contributed by atoms with van der Waals surface area (Å²) < 4.78 is 27.5. The van der Waals surface area contributed by atoms with Gasteiger partial charge in [0.15, 0.2) is 0 Å². The van der Waals surface area contributed by atoms with Crippen molar-refractivity contribution in [3.05, 3.63) is 52.0 Å². The highest BCUT2D eigenvalue weighted by Crippen LogP contribution is 2.31. The third-order valence-electron chi connectivity index (χ3n) is 3.88. The van der Waals surface area contributed by atoms with E-state index in [1.54, 1.807) is 30.1 Å². The molecule has 0 spiro atoms. The number of hydrogen-bond donors (Lipinski definition) is 1. The quantitative estimate of drug-likeness (QED) is 0.876. The van der Waals surface area contributed by atoms with Gasteiger partial charge < -0.3 is 4.90 Å². The van der Waals surface area contributed by atoms with Gasteiger partial charge in [0.25, 0.3) is 10.0 Å². The summed E-state index contributed by atoms with van der Waals surface area (Å²) in [6.07, 6.45) is 0.993. The zero-order valence-electron chi connectivity index (χ0n) is 12.7. The number of hydrogen-bond acceptors (Lipinski definition) is 3. The molecule has 1 amide bonds. The lowest BCUT2D eigenvalue weighted by atomic mass is 10.0. The van der Waals surface area contributed by atoms with E-state index in [4.69, 9.17) is 23.2 Å². The van der Waals surface area contributed by atoms with Crippen LogP contribution in [0.25, 0.3) is 0 Å². The summed E-state index contributed by atoms with van der Waals surface area (Å²) in [4.78, 5) is 13.3. The number of halogens is 2. The fraction of sp³-hybridized carbons (Fsp3) is 0.188. The highest BCUT2D eigenvalue weighted by molar-refractivity contribution is 7.92. The van der Waals surface area contributed by atoms with E-state index in [0.717, 1.165) is 11.3 Å². The van der Waals surface area contributed by atoms with E-state index in [2.05, 4.69) is 4.72 Å². The second-order valence-electron chi connectivity index (χ2n) is 5.48. The largest absolute Gasteiger partial charge is 0.315 e. The number of anilines is 2. The molecule has 2 aromatic carbocycles. The summed E-state index contributed by atoms with van der Waals surface area (Å²) >= 11 is 11.7. The zero-order chi connectivity index (χ0) is 17.5. The lowest BCUT2D eigenvalue weighted by molar-refractivity contribution is -0.118. The van der Waals surface area contributed by atoms with Crippen molar-refractivity contribution in [3.8, 4) is 0 Å². The van der Waals surface area contributed by atoms with Crippen molar-refractivity contribution in [2.75, 3.05) is 16.7 Å². The number of sulfonamides is 1. The van der Waals surface area contributed by atoms with Gasteiger partial charge in [0.1, 0.15) is 0 Å². The molecule has 0 saturated carbocycles. The number of benzene rings is 2. The molecule has 1 heterocycles. The lowest BCUT2D eigenvalue weighted by Crippen LogP contribution is -2.31. The van der Waals surface area contributed by atoms with Crippen molar-refractivity contribution in [2.24, 2.45) is 0 Å². The van der Waals surface area contributed by atoms with Crippen molar-refractivity contribution >= 4 is 50.5 Å². The Labute approximate surface area is 150 Å². The highest BCUT2D eigenvalue weighted by Gasteiger charge is 2.22. The fourth-order valence-corrected chi connectivity index (χ4v) is 4.02. The number of nitrogens with one attached hydrogen (secondary N) is 1. The molecule has 0 bridgehead atoms. The van der Waals surface area contributed by atoms with Crippen LogP contribution in [0.1, 0.15) is 12.0 Å². The van der Waals surface area contributed by atoms with Crippen LogP contribution < -0.4 is 9.62 Å². The maximum Gasteiger partial charge on any atom is 0.261 e. The fourth-order valence-electron chi connectivity index (χ4n) is 2.58. The predicted molar refractivity (Wildman–Crippen MR) is 95.4 cm³/mol. The Morgan fingerprint density at radius 3 is 2.50 bits per heavy atom. The van der Waals surface area contributed by atoms with Gasteiger partial charge in [-0.1, -0.05) is 23.2 Å². The number of carbonyl (C=O) groups is 1. The molecule has 0 unspecified atom stereocenters. The van der Waals surface area contributed by atoms with E-state index in [1.807, 2.05) is 0 Å². The van der Waals surface area contributed by atoms with Crippen LogP contribution in [-0.2, 0) is 21.2 Å². The molecule has 0 aromatic heterocycles. The Bertz CT molecular complexity index is 929.